The van der Waals surface area contributed by atoms with Gasteiger partial charge in [-0.25, -0.2) is 14.4 Å². The van der Waals surface area contributed by atoms with Crippen molar-refractivity contribution >= 4 is 23.2 Å². The molecule has 0 fully saturated rings. The maximum Gasteiger partial charge on any atom is 0.419 e. The highest BCUT2D eigenvalue weighted by atomic mass is 35.5. The van der Waals surface area contributed by atoms with E-state index in [1.54, 1.807) is 5.32 Å². The lowest BCUT2D eigenvalue weighted by Gasteiger charge is -2.13. The number of phenols is 1. The lowest BCUT2D eigenvalue weighted by Crippen LogP contribution is -2.17. The number of nitrogens with zero attached hydrogens (tertiary/aromatic N) is 2. The molecule has 1 aromatic carbocycles. The van der Waals surface area contributed by atoms with Crippen molar-refractivity contribution in [1.29, 1.82) is 0 Å². The first-order chi connectivity index (χ1) is 10.2. The summed E-state index contributed by atoms with van der Waals surface area (Å²) in [6.07, 6.45) is -2.69. The van der Waals surface area contributed by atoms with Crippen molar-refractivity contribution in [1.82, 2.24) is 9.97 Å². The van der Waals surface area contributed by atoms with Gasteiger partial charge in [0.15, 0.2) is 16.7 Å². The highest BCUT2D eigenvalue weighted by Gasteiger charge is 2.36. The van der Waals surface area contributed by atoms with E-state index in [-0.39, 0.29) is 5.15 Å². The van der Waals surface area contributed by atoms with Gasteiger partial charge in [0.2, 0.25) is 0 Å². The Morgan fingerprint density at radius 3 is 2.45 bits per heavy atom. The topological polar surface area (TPSA) is 75.1 Å². The number of carbonyl (C=O) groups is 1. The molecular weight excluding hydrogens is 330 g/mol. The van der Waals surface area contributed by atoms with Crippen LogP contribution in [0.1, 0.15) is 16.1 Å². The van der Waals surface area contributed by atoms with E-state index in [1.807, 2.05) is 0 Å². The van der Waals surface area contributed by atoms with Crippen LogP contribution in [0.3, 0.4) is 0 Å². The molecule has 0 saturated heterocycles. The summed E-state index contributed by atoms with van der Waals surface area (Å²) in [5, 5.41) is 10.9. The van der Waals surface area contributed by atoms with Crippen LogP contribution in [0.25, 0.3) is 0 Å². The van der Waals surface area contributed by atoms with Gasteiger partial charge in [0.05, 0.1) is 5.56 Å². The van der Waals surface area contributed by atoms with Gasteiger partial charge in [-0.3, -0.25) is 4.79 Å². The van der Waals surface area contributed by atoms with Crippen molar-refractivity contribution in [3.05, 3.63) is 46.8 Å². The van der Waals surface area contributed by atoms with Crippen LogP contribution < -0.4 is 5.32 Å². The minimum absolute atomic E-state index is 0.327. The summed E-state index contributed by atoms with van der Waals surface area (Å²) in [6.45, 7) is 0. The van der Waals surface area contributed by atoms with Crippen molar-refractivity contribution in [3.8, 4) is 5.75 Å². The number of aromatic hydroxyl groups is 1. The summed E-state index contributed by atoms with van der Waals surface area (Å²) in [7, 11) is 0. The van der Waals surface area contributed by atoms with Crippen LogP contribution in [0.15, 0.2) is 24.5 Å². The Bertz CT molecular complexity index is 737. The molecule has 0 unspecified atom stereocenters. The monoisotopic (exact) mass is 335 g/mol. The molecule has 2 aromatic rings. The fourth-order valence-electron chi connectivity index (χ4n) is 1.55. The third-order valence-electron chi connectivity index (χ3n) is 2.53. The Labute approximate surface area is 125 Å². The number of hydrogen-bond acceptors (Lipinski definition) is 4. The molecule has 1 aromatic heterocycles. The van der Waals surface area contributed by atoms with Crippen molar-refractivity contribution in [3.63, 3.8) is 0 Å². The number of hydrogen-bond donors (Lipinski definition) is 2. The van der Waals surface area contributed by atoms with Crippen LogP contribution in [-0.2, 0) is 6.18 Å². The fraction of sp³-hybridized carbons (Fsp3) is 0.0833. The second-order valence-electron chi connectivity index (χ2n) is 3.97. The molecule has 22 heavy (non-hydrogen) atoms. The van der Waals surface area contributed by atoms with Crippen molar-refractivity contribution < 1.29 is 27.5 Å². The normalized spacial score (nSPS) is 11.3. The van der Waals surface area contributed by atoms with E-state index in [9.17, 15) is 27.5 Å². The highest BCUT2D eigenvalue weighted by molar-refractivity contribution is 6.32. The second-order valence-corrected chi connectivity index (χ2v) is 4.33. The molecule has 1 amide bonds. The zero-order valence-electron chi connectivity index (χ0n) is 10.4. The van der Waals surface area contributed by atoms with Crippen LogP contribution in [0.4, 0.5) is 23.2 Å². The number of halogens is 5. The van der Waals surface area contributed by atoms with Crippen LogP contribution in [0.2, 0.25) is 5.15 Å². The third kappa shape index (κ3) is 3.08. The molecule has 1 heterocycles. The lowest BCUT2D eigenvalue weighted by atomic mass is 10.1. The average molecular weight is 336 g/mol. The van der Waals surface area contributed by atoms with Crippen molar-refractivity contribution in [2.75, 3.05) is 5.32 Å². The summed E-state index contributed by atoms with van der Waals surface area (Å²) >= 11 is 5.60. The number of nitrogens with one attached hydrogen (secondary N) is 1. The molecule has 116 valence electrons. The second kappa shape index (κ2) is 5.76. The number of alkyl halides is 3. The standard InChI is InChI=1S/C12H6ClF4N3O2/c13-10-9(18-3-4-19-10)11(22)20-8-6(21)2-1-5(7(8)14)12(15,16)17/h1-4,21H,(H,20,22). The van der Waals surface area contributed by atoms with E-state index < -0.39 is 40.6 Å². The summed E-state index contributed by atoms with van der Waals surface area (Å²) in [5.74, 6) is -3.81. The highest BCUT2D eigenvalue weighted by Crippen LogP contribution is 2.38. The molecule has 0 saturated carbocycles. The Hall–Kier alpha value is -2.42. The summed E-state index contributed by atoms with van der Waals surface area (Å²) in [5.41, 5.74) is -3.09. The first-order valence-electron chi connectivity index (χ1n) is 5.58. The van der Waals surface area contributed by atoms with Crippen LogP contribution in [0.5, 0.6) is 5.75 Å². The van der Waals surface area contributed by atoms with Crippen molar-refractivity contribution in [2.45, 2.75) is 6.18 Å². The lowest BCUT2D eigenvalue weighted by molar-refractivity contribution is -0.139. The van der Waals surface area contributed by atoms with Gasteiger partial charge >= 0.3 is 6.18 Å². The zero-order chi connectivity index (χ0) is 16.5. The molecular formula is C12H6ClF4N3O2. The molecule has 0 aliphatic carbocycles. The third-order valence-corrected chi connectivity index (χ3v) is 2.81. The predicted molar refractivity (Wildman–Crippen MR) is 68.1 cm³/mol. The van der Waals surface area contributed by atoms with Gasteiger partial charge in [0.1, 0.15) is 11.4 Å². The number of phenolic OH excluding ortho intramolecular Hbond substituents is 1. The van der Waals surface area contributed by atoms with E-state index in [0.717, 1.165) is 6.20 Å². The molecule has 0 spiro atoms. The zero-order valence-corrected chi connectivity index (χ0v) is 11.2. The van der Waals surface area contributed by atoms with Crippen LogP contribution in [-0.4, -0.2) is 21.0 Å². The Morgan fingerprint density at radius 2 is 1.86 bits per heavy atom. The van der Waals surface area contributed by atoms with Gasteiger partial charge in [0.25, 0.3) is 5.91 Å². The maximum absolute atomic E-state index is 13.8. The Balaban J connectivity index is 2.42. The molecule has 0 bridgehead atoms. The summed E-state index contributed by atoms with van der Waals surface area (Å²) in [4.78, 5) is 19.0. The van der Waals surface area contributed by atoms with Crippen LogP contribution in [0, 0.1) is 5.82 Å². The minimum atomic E-state index is -4.98. The molecule has 10 heteroatoms. The molecule has 5 nitrogen and oxygen atoms in total. The molecule has 2 rings (SSSR count). The minimum Gasteiger partial charge on any atom is -0.506 e. The van der Waals surface area contributed by atoms with Gasteiger partial charge in [-0.2, -0.15) is 13.2 Å². The van der Waals surface area contributed by atoms with E-state index in [0.29, 0.717) is 12.1 Å². The number of amides is 1. The smallest absolute Gasteiger partial charge is 0.419 e. The maximum atomic E-state index is 13.8. The Morgan fingerprint density at radius 1 is 1.23 bits per heavy atom. The molecule has 0 radical (unpaired) electrons. The largest absolute Gasteiger partial charge is 0.506 e. The fourth-order valence-corrected chi connectivity index (χ4v) is 1.74. The molecule has 0 atom stereocenters. The number of rotatable bonds is 2. The van der Waals surface area contributed by atoms with E-state index in [1.165, 1.54) is 6.20 Å². The van der Waals surface area contributed by atoms with Crippen LogP contribution >= 0.6 is 11.6 Å². The van der Waals surface area contributed by atoms with E-state index in [2.05, 4.69) is 9.97 Å². The SMILES string of the molecule is O=C(Nc1c(O)ccc(C(F)(F)F)c1F)c1nccnc1Cl. The number of anilines is 1. The average Bonchev–Trinajstić information content (AvgIpc) is 2.42. The Kier molecular flexibility index (Phi) is 4.18. The van der Waals surface area contributed by atoms with Gasteiger partial charge in [0, 0.05) is 12.4 Å². The van der Waals surface area contributed by atoms with E-state index in [4.69, 9.17) is 11.6 Å². The first kappa shape index (κ1) is 16.0. The summed E-state index contributed by atoms with van der Waals surface area (Å²) in [6, 6.07) is 0.968. The number of carbonyl (C=O) groups excluding carboxylic acids is 1. The molecule has 0 aliphatic heterocycles. The predicted octanol–water partition coefficient (Wildman–Crippen LogP) is 3.25. The van der Waals surface area contributed by atoms with E-state index >= 15 is 0 Å². The first-order valence-corrected chi connectivity index (χ1v) is 5.96. The molecule has 2 N–H and O–H groups in total. The quantitative estimate of drug-likeness (QED) is 0.652. The van der Waals surface area contributed by atoms with Gasteiger partial charge in [-0.1, -0.05) is 11.6 Å². The number of aromatic nitrogens is 2. The van der Waals surface area contributed by atoms with Gasteiger partial charge < -0.3 is 10.4 Å². The van der Waals surface area contributed by atoms with Gasteiger partial charge in [-0.05, 0) is 12.1 Å². The van der Waals surface area contributed by atoms with Gasteiger partial charge in [-0.15, -0.1) is 0 Å². The summed E-state index contributed by atoms with van der Waals surface area (Å²) < 4.78 is 51.7. The van der Waals surface area contributed by atoms with Crippen molar-refractivity contribution in [2.24, 2.45) is 0 Å². The molecule has 0 aliphatic rings. The number of benzene rings is 1.